The zero-order chi connectivity index (χ0) is 13.2. The van der Waals surface area contributed by atoms with Crippen LogP contribution in [0.15, 0.2) is 31.0 Å². The molecular weight excluding hydrogens is 234 g/mol. The molecule has 1 rings (SSSR count). The number of hydrogen-bond acceptors (Lipinski definition) is 4. The summed E-state index contributed by atoms with van der Waals surface area (Å²) in [5.41, 5.74) is 0.509. The Morgan fingerprint density at radius 1 is 1.56 bits per heavy atom. The minimum atomic E-state index is -0.334. The molecule has 6 nitrogen and oxygen atoms in total. The van der Waals surface area contributed by atoms with Gasteiger partial charge in [-0.2, -0.15) is 0 Å². The van der Waals surface area contributed by atoms with Crippen LogP contribution in [-0.2, 0) is 4.74 Å². The third kappa shape index (κ3) is 4.84. The average Bonchev–Trinajstić information content (AvgIpc) is 2.38. The van der Waals surface area contributed by atoms with E-state index in [2.05, 4.69) is 22.2 Å². The van der Waals surface area contributed by atoms with Crippen LogP contribution in [-0.4, -0.2) is 37.9 Å². The molecule has 6 heteroatoms. The summed E-state index contributed by atoms with van der Waals surface area (Å²) in [5, 5.41) is 5.25. The van der Waals surface area contributed by atoms with Crippen molar-refractivity contribution < 1.29 is 14.3 Å². The van der Waals surface area contributed by atoms with Gasteiger partial charge in [0.15, 0.2) is 0 Å². The van der Waals surface area contributed by atoms with E-state index in [9.17, 15) is 4.79 Å². The number of nitrogens with zero attached hydrogens (tertiary/aromatic N) is 1. The summed E-state index contributed by atoms with van der Waals surface area (Å²) in [6, 6.07) is 3.09. The molecule has 2 amide bonds. The van der Waals surface area contributed by atoms with Gasteiger partial charge in [-0.25, -0.2) is 9.78 Å². The normalized spacial score (nSPS) is 9.61. The third-order valence-corrected chi connectivity index (χ3v) is 1.95. The highest BCUT2D eigenvalue weighted by atomic mass is 16.5. The fourth-order valence-corrected chi connectivity index (χ4v) is 1.15. The van der Waals surface area contributed by atoms with E-state index in [4.69, 9.17) is 9.47 Å². The van der Waals surface area contributed by atoms with Crippen LogP contribution in [0.5, 0.6) is 5.88 Å². The van der Waals surface area contributed by atoms with E-state index >= 15 is 0 Å². The Kier molecular flexibility index (Phi) is 6.27. The monoisotopic (exact) mass is 251 g/mol. The lowest BCUT2D eigenvalue weighted by Crippen LogP contribution is -2.29. The van der Waals surface area contributed by atoms with Crippen LogP contribution in [0.2, 0.25) is 0 Å². The Morgan fingerprint density at radius 2 is 2.39 bits per heavy atom. The number of aromatic nitrogens is 1. The molecule has 0 atom stereocenters. The van der Waals surface area contributed by atoms with Gasteiger partial charge in [-0.3, -0.25) is 0 Å². The summed E-state index contributed by atoms with van der Waals surface area (Å²) < 4.78 is 10.3. The van der Waals surface area contributed by atoms with E-state index in [0.29, 0.717) is 31.3 Å². The Labute approximate surface area is 106 Å². The third-order valence-electron chi connectivity index (χ3n) is 1.95. The molecule has 0 saturated heterocycles. The predicted octanol–water partition coefficient (Wildman–Crippen LogP) is 1.41. The van der Waals surface area contributed by atoms with Crippen molar-refractivity contribution in [3.05, 3.63) is 31.0 Å². The van der Waals surface area contributed by atoms with E-state index in [0.717, 1.165) is 0 Å². The highest BCUT2D eigenvalue weighted by Crippen LogP contribution is 2.20. The van der Waals surface area contributed by atoms with E-state index in [1.807, 2.05) is 0 Å². The second-order valence-corrected chi connectivity index (χ2v) is 3.32. The molecule has 1 aromatic heterocycles. The molecule has 0 fully saturated rings. The number of carbonyl (C=O) groups is 1. The van der Waals surface area contributed by atoms with Crippen molar-refractivity contribution in [2.45, 2.75) is 0 Å². The standard InChI is InChI=1S/C12H17N3O3/c1-3-6-14-12(16)15-10-5-4-7-13-11(10)18-9-8-17-2/h3-5,7H,1,6,8-9H2,2H3,(H2,14,15,16). The molecule has 0 aliphatic heterocycles. The van der Waals surface area contributed by atoms with Gasteiger partial charge >= 0.3 is 6.03 Å². The van der Waals surface area contributed by atoms with Gasteiger partial charge in [0, 0.05) is 19.9 Å². The van der Waals surface area contributed by atoms with Crippen molar-refractivity contribution in [2.75, 3.05) is 32.2 Å². The summed E-state index contributed by atoms with van der Waals surface area (Å²) >= 11 is 0. The first-order valence-corrected chi connectivity index (χ1v) is 5.50. The van der Waals surface area contributed by atoms with Gasteiger partial charge in [-0.1, -0.05) is 6.08 Å². The lowest BCUT2D eigenvalue weighted by atomic mass is 10.4. The van der Waals surface area contributed by atoms with Crippen LogP contribution in [0.4, 0.5) is 10.5 Å². The molecule has 98 valence electrons. The smallest absolute Gasteiger partial charge is 0.319 e. The van der Waals surface area contributed by atoms with Crippen molar-refractivity contribution in [3.8, 4) is 5.88 Å². The van der Waals surface area contributed by atoms with Gasteiger partial charge in [0.2, 0.25) is 5.88 Å². The van der Waals surface area contributed by atoms with Crippen LogP contribution in [0.1, 0.15) is 0 Å². The molecule has 0 aliphatic rings. The van der Waals surface area contributed by atoms with E-state index in [-0.39, 0.29) is 6.03 Å². The molecule has 0 spiro atoms. The molecule has 2 N–H and O–H groups in total. The maximum Gasteiger partial charge on any atom is 0.319 e. The van der Waals surface area contributed by atoms with E-state index in [1.165, 1.54) is 0 Å². The minimum Gasteiger partial charge on any atom is -0.474 e. The van der Waals surface area contributed by atoms with Gasteiger partial charge in [-0.05, 0) is 12.1 Å². The average molecular weight is 251 g/mol. The molecule has 0 unspecified atom stereocenters. The molecule has 1 heterocycles. The zero-order valence-electron chi connectivity index (χ0n) is 10.3. The fourth-order valence-electron chi connectivity index (χ4n) is 1.15. The molecule has 0 aromatic carbocycles. The second-order valence-electron chi connectivity index (χ2n) is 3.32. The van der Waals surface area contributed by atoms with Gasteiger partial charge in [0.05, 0.1) is 6.61 Å². The molecule has 0 saturated carbocycles. The lowest BCUT2D eigenvalue weighted by molar-refractivity contribution is 0.144. The SMILES string of the molecule is C=CCNC(=O)Nc1cccnc1OCCOC. The van der Waals surface area contributed by atoms with Gasteiger partial charge in [-0.15, -0.1) is 6.58 Å². The molecule has 0 radical (unpaired) electrons. The van der Waals surface area contributed by atoms with Crippen LogP contribution in [0.25, 0.3) is 0 Å². The number of methoxy groups -OCH3 is 1. The number of hydrogen-bond donors (Lipinski definition) is 2. The first-order chi connectivity index (χ1) is 8.77. The Hall–Kier alpha value is -2.08. The molecular formula is C12H17N3O3. The maximum absolute atomic E-state index is 11.5. The van der Waals surface area contributed by atoms with Gasteiger partial charge in [0.1, 0.15) is 12.3 Å². The summed E-state index contributed by atoms with van der Waals surface area (Å²) in [5.74, 6) is 0.364. The van der Waals surface area contributed by atoms with Gasteiger partial charge < -0.3 is 20.1 Å². The zero-order valence-corrected chi connectivity index (χ0v) is 10.3. The Bertz CT molecular complexity index is 396. The van der Waals surface area contributed by atoms with Crippen LogP contribution >= 0.6 is 0 Å². The Balaban J connectivity index is 2.57. The van der Waals surface area contributed by atoms with Crippen molar-refractivity contribution in [3.63, 3.8) is 0 Å². The van der Waals surface area contributed by atoms with Crippen molar-refractivity contribution >= 4 is 11.7 Å². The molecule has 1 aromatic rings. The molecule has 0 aliphatic carbocycles. The number of urea groups is 1. The van der Waals surface area contributed by atoms with E-state index in [1.54, 1.807) is 31.5 Å². The van der Waals surface area contributed by atoms with Crippen molar-refractivity contribution in [1.29, 1.82) is 0 Å². The maximum atomic E-state index is 11.5. The van der Waals surface area contributed by atoms with Crippen LogP contribution in [0.3, 0.4) is 0 Å². The number of amides is 2. The number of anilines is 1. The second kappa shape index (κ2) is 8.08. The highest BCUT2D eigenvalue weighted by Gasteiger charge is 2.07. The summed E-state index contributed by atoms with van der Waals surface area (Å²) in [7, 11) is 1.59. The number of rotatable bonds is 7. The van der Waals surface area contributed by atoms with Gasteiger partial charge in [0.25, 0.3) is 0 Å². The number of carbonyl (C=O) groups excluding carboxylic acids is 1. The summed E-state index contributed by atoms with van der Waals surface area (Å²) in [4.78, 5) is 15.5. The molecule has 0 bridgehead atoms. The van der Waals surface area contributed by atoms with Crippen molar-refractivity contribution in [2.24, 2.45) is 0 Å². The quantitative estimate of drug-likeness (QED) is 0.567. The largest absolute Gasteiger partial charge is 0.474 e. The Morgan fingerprint density at radius 3 is 3.11 bits per heavy atom. The van der Waals surface area contributed by atoms with E-state index < -0.39 is 0 Å². The number of pyridine rings is 1. The molecule has 18 heavy (non-hydrogen) atoms. The van der Waals surface area contributed by atoms with Crippen molar-refractivity contribution in [1.82, 2.24) is 10.3 Å². The van der Waals surface area contributed by atoms with Crippen LogP contribution < -0.4 is 15.4 Å². The first kappa shape index (κ1) is 14.0. The highest BCUT2D eigenvalue weighted by molar-refractivity contribution is 5.90. The topological polar surface area (TPSA) is 72.5 Å². The summed E-state index contributed by atoms with van der Waals surface area (Å²) in [6.45, 7) is 4.74. The number of nitrogens with one attached hydrogen (secondary N) is 2. The predicted molar refractivity (Wildman–Crippen MR) is 68.8 cm³/mol. The fraction of sp³-hybridized carbons (Fsp3) is 0.333. The number of ether oxygens (including phenoxy) is 2. The first-order valence-electron chi connectivity index (χ1n) is 5.50. The lowest BCUT2D eigenvalue weighted by Gasteiger charge is -2.11. The minimum absolute atomic E-state index is 0.334. The summed E-state index contributed by atoms with van der Waals surface area (Å²) in [6.07, 6.45) is 3.19. The van der Waals surface area contributed by atoms with Crippen LogP contribution in [0, 0.1) is 0 Å².